The Bertz CT molecular complexity index is 1670. The minimum atomic E-state index is -5.03. The highest BCUT2D eigenvalue weighted by molar-refractivity contribution is 5.97. The van der Waals surface area contributed by atoms with Gasteiger partial charge < -0.3 is 30.2 Å². The van der Waals surface area contributed by atoms with Gasteiger partial charge in [-0.05, 0) is 57.1 Å². The minimum absolute atomic E-state index is 0.0517. The van der Waals surface area contributed by atoms with Gasteiger partial charge in [0.1, 0.15) is 46.5 Å². The molecule has 9 rings (SSSR count). The fourth-order valence-electron chi connectivity index (χ4n) is 7.78. The largest absolute Gasteiger partial charge is 0.472 e. The molecule has 0 spiro atoms. The van der Waals surface area contributed by atoms with Crippen molar-refractivity contribution >= 4 is 22.4 Å². The van der Waals surface area contributed by atoms with Crippen LogP contribution < -0.4 is 25.4 Å². The predicted octanol–water partition coefficient (Wildman–Crippen LogP) is 4.53. The maximum atomic E-state index is 16.6. The van der Waals surface area contributed by atoms with E-state index in [-0.39, 0.29) is 47.5 Å². The van der Waals surface area contributed by atoms with Crippen molar-refractivity contribution in [3.63, 3.8) is 0 Å². The van der Waals surface area contributed by atoms with Crippen molar-refractivity contribution < 1.29 is 36.2 Å². The van der Waals surface area contributed by atoms with Gasteiger partial charge in [-0.2, -0.15) is 23.1 Å². The van der Waals surface area contributed by atoms with Gasteiger partial charge in [0, 0.05) is 24.2 Å². The first-order chi connectivity index (χ1) is 20.4. The van der Waals surface area contributed by atoms with E-state index in [2.05, 4.69) is 20.2 Å². The Balaban J connectivity index is 1.35. The molecule has 3 N–H and O–H groups in total. The normalized spacial score (nSPS) is 30.6. The molecule has 1 aromatic carbocycles. The van der Waals surface area contributed by atoms with Crippen LogP contribution in [0.15, 0.2) is 6.07 Å². The lowest BCUT2D eigenvalue weighted by molar-refractivity contribution is -0.137. The Morgan fingerprint density at radius 3 is 2.67 bits per heavy atom. The molecule has 7 heterocycles. The first kappa shape index (κ1) is 27.1. The van der Waals surface area contributed by atoms with Crippen LogP contribution >= 0.6 is 0 Å². The molecule has 9 nitrogen and oxygen atoms in total. The van der Waals surface area contributed by atoms with Crippen LogP contribution in [-0.2, 0) is 10.9 Å². The number of anilines is 2. The topological polar surface area (TPSA) is 108 Å². The van der Waals surface area contributed by atoms with E-state index < -0.39 is 57.6 Å². The standard InChI is InChI=1S/C29H29F5N6O3/c1-11-19(29(32,33)34)15(5-16(35)20(11)30)22-21(31)23-18-25(39-27(38-23)41-10-28-6-13(7-28)9-42-28)40-8-14-3-4-17(36-14)24(40)12(2)43-26(18)37-22/h5,12-14,17,24,36H,3-4,6-10,35H2,1-2H3/t12-,13?,14+,17-,24+,28?/m0/s1. The molecule has 43 heavy (non-hydrogen) atoms. The van der Waals surface area contributed by atoms with E-state index in [1.165, 1.54) is 0 Å². The number of piperazine rings is 1. The number of hydrogen-bond acceptors (Lipinski definition) is 9. The molecule has 4 atom stereocenters. The summed E-state index contributed by atoms with van der Waals surface area (Å²) in [6, 6.07) is 0.645. The summed E-state index contributed by atoms with van der Waals surface area (Å²) >= 11 is 0. The molecule has 228 valence electrons. The second-order valence-electron chi connectivity index (χ2n) is 12.5. The highest BCUT2D eigenvalue weighted by Crippen LogP contribution is 2.50. The summed E-state index contributed by atoms with van der Waals surface area (Å²) in [4.78, 5) is 15.5. The summed E-state index contributed by atoms with van der Waals surface area (Å²) in [7, 11) is 0. The first-order valence-electron chi connectivity index (χ1n) is 14.5. The summed E-state index contributed by atoms with van der Waals surface area (Å²) in [5.74, 6) is -1.65. The predicted molar refractivity (Wildman–Crippen MR) is 145 cm³/mol. The lowest BCUT2D eigenvalue weighted by Crippen LogP contribution is -2.62. The Hall–Kier alpha value is -3.52. The number of halogens is 5. The SMILES string of the molecule is Cc1c(F)c(N)cc(-c2nc3c4c(nc(OCC56CC(CO5)C6)nc4c2F)N2C[C@H]4CC[C@H](N4)[C@H]2[C@H](C)O3)c1C(F)(F)F. The molecule has 5 aliphatic heterocycles. The molecule has 1 aliphatic carbocycles. The number of nitrogens with zero attached hydrogens (tertiary/aromatic N) is 4. The van der Waals surface area contributed by atoms with E-state index in [0.717, 1.165) is 38.7 Å². The number of nitrogens with one attached hydrogen (secondary N) is 1. The number of pyridine rings is 1. The monoisotopic (exact) mass is 604 g/mol. The maximum absolute atomic E-state index is 16.6. The molecule has 2 aromatic heterocycles. The lowest BCUT2D eigenvalue weighted by atomic mass is 9.75. The second-order valence-corrected chi connectivity index (χ2v) is 12.5. The average Bonchev–Trinajstić information content (AvgIpc) is 3.63. The van der Waals surface area contributed by atoms with Crippen LogP contribution in [0.3, 0.4) is 0 Å². The first-order valence-corrected chi connectivity index (χ1v) is 14.5. The lowest BCUT2D eigenvalue weighted by Gasteiger charge is -2.42. The number of rotatable bonds is 4. The third kappa shape index (κ3) is 3.98. The number of hydrogen-bond donors (Lipinski definition) is 2. The van der Waals surface area contributed by atoms with Gasteiger partial charge in [-0.3, -0.25) is 0 Å². The van der Waals surface area contributed by atoms with Gasteiger partial charge >= 0.3 is 12.2 Å². The summed E-state index contributed by atoms with van der Waals surface area (Å²) in [5.41, 5.74) is 0.891. The third-order valence-corrected chi connectivity index (χ3v) is 9.70. The number of nitrogens with two attached hydrogens (primary N) is 1. The molecular weight excluding hydrogens is 575 g/mol. The zero-order valence-electron chi connectivity index (χ0n) is 23.4. The van der Waals surface area contributed by atoms with E-state index in [1.807, 2.05) is 6.92 Å². The van der Waals surface area contributed by atoms with Crippen molar-refractivity contribution in [3.8, 4) is 23.1 Å². The van der Waals surface area contributed by atoms with Crippen LogP contribution in [0.5, 0.6) is 11.9 Å². The summed E-state index contributed by atoms with van der Waals surface area (Å²) in [6.07, 6.45) is -1.99. The Labute approximate surface area is 242 Å². The van der Waals surface area contributed by atoms with Crippen LogP contribution in [0, 0.1) is 24.5 Å². The molecule has 0 amide bonds. The third-order valence-electron chi connectivity index (χ3n) is 9.70. The zero-order chi connectivity index (χ0) is 30.0. The molecule has 0 radical (unpaired) electrons. The summed E-state index contributed by atoms with van der Waals surface area (Å²) < 4.78 is 92.4. The van der Waals surface area contributed by atoms with Crippen molar-refractivity contribution in [2.75, 3.05) is 30.4 Å². The van der Waals surface area contributed by atoms with E-state index >= 15 is 4.39 Å². The van der Waals surface area contributed by atoms with Gasteiger partial charge in [-0.15, -0.1) is 0 Å². The fraction of sp³-hybridized carbons (Fsp3) is 0.552. The van der Waals surface area contributed by atoms with Gasteiger partial charge in [0.05, 0.1) is 23.9 Å². The maximum Gasteiger partial charge on any atom is 0.417 e. The average molecular weight is 605 g/mol. The van der Waals surface area contributed by atoms with Crippen molar-refractivity contribution in [1.29, 1.82) is 0 Å². The van der Waals surface area contributed by atoms with Gasteiger partial charge in [0.15, 0.2) is 5.82 Å². The van der Waals surface area contributed by atoms with Gasteiger partial charge in [-0.25, -0.2) is 13.8 Å². The van der Waals surface area contributed by atoms with E-state index in [9.17, 15) is 17.6 Å². The summed E-state index contributed by atoms with van der Waals surface area (Å²) in [5, 5.41) is 3.74. The number of benzene rings is 1. The number of ether oxygens (including phenoxy) is 3. The van der Waals surface area contributed by atoms with E-state index in [1.54, 1.807) is 0 Å². The molecule has 0 unspecified atom stereocenters. The van der Waals surface area contributed by atoms with Crippen LogP contribution in [0.25, 0.3) is 22.2 Å². The minimum Gasteiger partial charge on any atom is -0.472 e. The molecule has 5 fully saturated rings. The van der Waals surface area contributed by atoms with Crippen LogP contribution in [0.2, 0.25) is 0 Å². The fourth-order valence-corrected chi connectivity index (χ4v) is 7.78. The highest BCUT2D eigenvalue weighted by atomic mass is 19.4. The summed E-state index contributed by atoms with van der Waals surface area (Å²) in [6.45, 7) is 4.17. The number of alkyl halides is 3. The quantitative estimate of drug-likeness (QED) is 0.328. The Morgan fingerprint density at radius 1 is 1.16 bits per heavy atom. The number of fused-ring (bicyclic) bond motifs is 6. The molecule has 3 aromatic rings. The molecule has 1 saturated carbocycles. The van der Waals surface area contributed by atoms with Crippen molar-refractivity contribution in [3.05, 3.63) is 28.8 Å². The van der Waals surface area contributed by atoms with Crippen molar-refractivity contribution in [2.24, 2.45) is 5.92 Å². The Kier molecular flexibility index (Phi) is 5.67. The zero-order valence-corrected chi connectivity index (χ0v) is 23.4. The molecule has 4 bridgehead atoms. The molecule has 14 heteroatoms. The number of nitrogen functional groups attached to an aromatic ring is 1. The van der Waals surface area contributed by atoms with Gasteiger partial charge in [-0.1, -0.05) is 0 Å². The second kappa shape index (κ2) is 9.00. The van der Waals surface area contributed by atoms with E-state index in [4.69, 9.17) is 24.9 Å². The van der Waals surface area contributed by atoms with Gasteiger partial charge in [0.25, 0.3) is 0 Å². The number of aromatic nitrogens is 3. The van der Waals surface area contributed by atoms with Crippen molar-refractivity contribution in [1.82, 2.24) is 20.3 Å². The molecule has 4 saturated heterocycles. The Morgan fingerprint density at radius 2 is 1.95 bits per heavy atom. The van der Waals surface area contributed by atoms with E-state index in [0.29, 0.717) is 24.9 Å². The van der Waals surface area contributed by atoms with Crippen molar-refractivity contribution in [2.45, 2.75) is 75.5 Å². The van der Waals surface area contributed by atoms with Crippen LogP contribution in [-0.4, -0.2) is 64.5 Å². The smallest absolute Gasteiger partial charge is 0.417 e. The molecular formula is C29H29F5N6O3. The van der Waals surface area contributed by atoms with Crippen LogP contribution in [0.4, 0.5) is 33.5 Å². The van der Waals surface area contributed by atoms with Gasteiger partial charge in [0.2, 0.25) is 5.88 Å². The highest BCUT2D eigenvalue weighted by Gasteiger charge is 2.53. The molecule has 6 aliphatic rings. The van der Waals surface area contributed by atoms with Crippen LogP contribution in [0.1, 0.15) is 43.7 Å².